The van der Waals surface area contributed by atoms with Crippen molar-refractivity contribution in [3.05, 3.63) is 51.4 Å². The smallest absolute Gasteiger partial charge is 0.338 e. The molecule has 1 aliphatic rings. The van der Waals surface area contributed by atoms with Gasteiger partial charge in [-0.25, -0.2) is 9.48 Å². The molecule has 2 heterocycles. The lowest BCUT2D eigenvalue weighted by Crippen LogP contribution is -2.29. The molecule has 6 nitrogen and oxygen atoms in total. The van der Waals surface area contributed by atoms with Crippen molar-refractivity contribution in [3.8, 4) is 0 Å². The summed E-state index contributed by atoms with van der Waals surface area (Å²) in [4.78, 5) is 16.3. The summed E-state index contributed by atoms with van der Waals surface area (Å²) in [5, 5.41) is 8.08. The van der Waals surface area contributed by atoms with Gasteiger partial charge in [-0.15, -0.1) is 0 Å². The predicted octanol–water partition coefficient (Wildman–Crippen LogP) is 3.05. The molecule has 0 aliphatic carbocycles. The molecule has 0 bridgehead atoms. The second-order valence-corrected chi connectivity index (χ2v) is 5.57. The lowest BCUT2D eigenvalue weighted by atomic mass is 9.96. The van der Waals surface area contributed by atoms with E-state index in [-0.39, 0.29) is 0 Å². The van der Waals surface area contributed by atoms with E-state index in [0.717, 1.165) is 5.56 Å². The van der Waals surface area contributed by atoms with Crippen LogP contribution in [0.2, 0.25) is 10.0 Å². The number of methoxy groups -OCH3 is 1. The Morgan fingerprint density at radius 2 is 2.14 bits per heavy atom. The monoisotopic (exact) mass is 338 g/mol. The highest BCUT2D eigenvalue weighted by atomic mass is 35.5. The quantitative estimate of drug-likeness (QED) is 0.852. The fraction of sp³-hybridized carbons (Fsp3) is 0.214. The molecule has 0 saturated carbocycles. The van der Waals surface area contributed by atoms with E-state index in [1.807, 2.05) is 0 Å². The standard InChI is InChI=1S/C14H12Cl2N4O2/c1-7-11(13(21)22-2)12(20-14(19-7)17-6-18-20)8-3-4-9(15)10(16)5-8/h3-6,12H,1-2H3,(H,17,18,19)/t12-/m1/s1. The van der Waals surface area contributed by atoms with Gasteiger partial charge < -0.3 is 10.1 Å². The van der Waals surface area contributed by atoms with Gasteiger partial charge in [-0.2, -0.15) is 10.1 Å². The number of hydrogen-bond donors (Lipinski definition) is 1. The Kier molecular flexibility index (Phi) is 3.80. The number of benzene rings is 1. The topological polar surface area (TPSA) is 69.0 Å². The molecule has 8 heteroatoms. The molecule has 114 valence electrons. The molecule has 1 aliphatic heterocycles. The van der Waals surface area contributed by atoms with E-state index in [1.165, 1.54) is 13.4 Å². The number of nitrogens with one attached hydrogen (secondary N) is 1. The summed E-state index contributed by atoms with van der Waals surface area (Å²) in [5.41, 5.74) is 1.87. The number of fused-ring (bicyclic) bond motifs is 1. The molecule has 1 atom stereocenters. The van der Waals surface area contributed by atoms with Crippen molar-refractivity contribution in [1.29, 1.82) is 0 Å². The second kappa shape index (κ2) is 5.62. The normalized spacial score (nSPS) is 17.0. The second-order valence-electron chi connectivity index (χ2n) is 4.76. The van der Waals surface area contributed by atoms with Gasteiger partial charge >= 0.3 is 5.97 Å². The van der Waals surface area contributed by atoms with Gasteiger partial charge in [0.15, 0.2) is 0 Å². The van der Waals surface area contributed by atoms with Crippen molar-refractivity contribution >= 4 is 35.1 Å². The number of allylic oxidation sites excluding steroid dienone is 1. The minimum absolute atomic E-state index is 0.404. The van der Waals surface area contributed by atoms with Gasteiger partial charge in [0, 0.05) is 5.70 Å². The van der Waals surface area contributed by atoms with Gasteiger partial charge in [0.25, 0.3) is 0 Å². The Balaban J connectivity index is 2.20. The highest BCUT2D eigenvalue weighted by Crippen LogP contribution is 2.37. The third-order valence-electron chi connectivity index (χ3n) is 3.46. The Morgan fingerprint density at radius 1 is 1.36 bits per heavy atom. The van der Waals surface area contributed by atoms with Crippen molar-refractivity contribution in [2.45, 2.75) is 13.0 Å². The van der Waals surface area contributed by atoms with Crippen molar-refractivity contribution in [2.75, 3.05) is 12.4 Å². The number of ether oxygens (including phenoxy) is 1. The summed E-state index contributed by atoms with van der Waals surface area (Å²) in [6, 6.07) is 4.70. The summed E-state index contributed by atoms with van der Waals surface area (Å²) in [5.74, 6) is 0.100. The number of aromatic nitrogens is 3. The molecule has 0 spiro atoms. The van der Waals surface area contributed by atoms with Crippen LogP contribution in [-0.2, 0) is 9.53 Å². The van der Waals surface area contributed by atoms with E-state index in [2.05, 4.69) is 15.4 Å². The molecule has 0 saturated heterocycles. The Hall–Kier alpha value is -2.05. The zero-order chi connectivity index (χ0) is 15.9. The van der Waals surface area contributed by atoms with Gasteiger partial charge in [-0.3, -0.25) is 0 Å². The summed E-state index contributed by atoms with van der Waals surface area (Å²) >= 11 is 12.1. The van der Waals surface area contributed by atoms with Crippen molar-refractivity contribution in [2.24, 2.45) is 0 Å². The van der Waals surface area contributed by atoms with E-state index in [0.29, 0.717) is 27.3 Å². The van der Waals surface area contributed by atoms with Gasteiger partial charge in [0.1, 0.15) is 12.4 Å². The van der Waals surface area contributed by atoms with Crippen molar-refractivity contribution in [3.63, 3.8) is 0 Å². The van der Waals surface area contributed by atoms with Crippen molar-refractivity contribution in [1.82, 2.24) is 14.8 Å². The van der Waals surface area contributed by atoms with Crippen LogP contribution in [-0.4, -0.2) is 27.8 Å². The zero-order valence-corrected chi connectivity index (χ0v) is 13.3. The maximum Gasteiger partial charge on any atom is 0.338 e. The molecule has 2 aromatic rings. The maximum absolute atomic E-state index is 12.2. The lowest BCUT2D eigenvalue weighted by Gasteiger charge is -2.28. The molecule has 1 aromatic carbocycles. The van der Waals surface area contributed by atoms with E-state index in [4.69, 9.17) is 27.9 Å². The first-order chi connectivity index (χ1) is 10.5. The highest BCUT2D eigenvalue weighted by Gasteiger charge is 2.34. The van der Waals surface area contributed by atoms with E-state index >= 15 is 0 Å². The fourth-order valence-electron chi connectivity index (χ4n) is 2.46. The number of rotatable bonds is 2. The Bertz CT molecular complexity index is 785. The third-order valence-corrected chi connectivity index (χ3v) is 4.20. The number of carbonyl (C=O) groups excluding carboxylic acids is 1. The van der Waals surface area contributed by atoms with Gasteiger partial charge in [-0.1, -0.05) is 29.3 Å². The van der Waals surface area contributed by atoms with Crippen LogP contribution >= 0.6 is 23.2 Å². The number of carbonyl (C=O) groups is 1. The van der Waals surface area contributed by atoms with E-state index in [1.54, 1.807) is 29.8 Å². The average Bonchev–Trinajstić information content (AvgIpc) is 2.95. The van der Waals surface area contributed by atoms with Gasteiger partial charge in [0.2, 0.25) is 5.95 Å². The molecular formula is C14H12Cl2N4O2. The molecule has 1 aromatic heterocycles. The Labute approximate surface area is 136 Å². The summed E-state index contributed by atoms with van der Waals surface area (Å²) in [7, 11) is 1.34. The minimum atomic E-state index is -0.485. The van der Waals surface area contributed by atoms with Crippen LogP contribution in [0.3, 0.4) is 0 Å². The summed E-state index contributed by atoms with van der Waals surface area (Å²) < 4.78 is 6.51. The molecule has 1 N–H and O–H groups in total. The van der Waals surface area contributed by atoms with Gasteiger partial charge in [-0.05, 0) is 24.6 Å². The molecule has 0 radical (unpaired) electrons. The number of esters is 1. The first kappa shape index (κ1) is 14.9. The van der Waals surface area contributed by atoms with Crippen LogP contribution in [0.25, 0.3) is 0 Å². The summed E-state index contributed by atoms with van der Waals surface area (Å²) in [6.45, 7) is 1.79. The van der Waals surface area contributed by atoms with Crippen LogP contribution < -0.4 is 5.32 Å². The Morgan fingerprint density at radius 3 is 2.82 bits per heavy atom. The first-order valence-electron chi connectivity index (χ1n) is 6.43. The highest BCUT2D eigenvalue weighted by molar-refractivity contribution is 6.42. The van der Waals surface area contributed by atoms with Crippen LogP contribution in [0.15, 0.2) is 35.8 Å². The predicted molar refractivity (Wildman–Crippen MR) is 83.0 cm³/mol. The third kappa shape index (κ3) is 2.34. The molecule has 0 unspecified atom stereocenters. The van der Waals surface area contributed by atoms with Crippen LogP contribution in [0, 0.1) is 0 Å². The van der Waals surface area contributed by atoms with Crippen LogP contribution in [0.4, 0.5) is 5.95 Å². The number of halogens is 2. The van der Waals surface area contributed by atoms with Crippen LogP contribution in [0.1, 0.15) is 18.5 Å². The van der Waals surface area contributed by atoms with Crippen molar-refractivity contribution < 1.29 is 9.53 Å². The fourth-order valence-corrected chi connectivity index (χ4v) is 2.76. The molecular weight excluding hydrogens is 327 g/mol. The first-order valence-corrected chi connectivity index (χ1v) is 7.19. The average molecular weight is 339 g/mol. The number of hydrogen-bond acceptors (Lipinski definition) is 5. The number of nitrogens with zero attached hydrogens (tertiary/aromatic N) is 3. The zero-order valence-electron chi connectivity index (χ0n) is 11.8. The van der Waals surface area contributed by atoms with Gasteiger partial charge in [0.05, 0.1) is 22.7 Å². The minimum Gasteiger partial charge on any atom is -0.466 e. The lowest BCUT2D eigenvalue weighted by molar-refractivity contribution is -0.136. The van der Waals surface area contributed by atoms with Crippen LogP contribution in [0.5, 0.6) is 0 Å². The SMILES string of the molecule is COC(=O)C1=C(C)Nc2ncnn2[C@@H]1c1ccc(Cl)c(Cl)c1. The van der Waals surface area contributed by atoms with E-state index < -0.39 is 12.0 Å². The van der Waals surface area contributed by atoms with E-state index in [9.17, 15) is 4.79 Å². The molecule has 0 fully saturated rings. The number of anilines is 1. The summed E-state index contributed by atoms with van der Waals surface area (Å²) in [6.07, 6.45) is 1.42. The largest absolute Gasteiger partial charge is 0.466 e. The maximum atomic E-state index is 12.2. The molecule has 0 amide bonds. The molecule has 3 rings (SSSR count). The molecule has 22 heavy (non-hydrogen) atoms.